The molecule has 0 bridgehead atoms. The molecule has 0 spiro atoms. The van der Waals surface area contributed by atoms with E-state index in [0.717, 1.165) is 5.69 Å². The summed E-state index contributed by atoms with van der Waals surface area (Å²) in [5.41, 5.74) is 10.4. The van der Waals surface area contributed by atoms with E-state index in [0.29, 0.717) is 30.9 Å². The van der Waals surface area contributed by atoms with Crippen molar-refractivity contribution in [2.75, 3.05) is 24.7 Å². The number of oxazole rings is 1. The topological polar surface area (TPSA) is 107 Å². The van der Waals surface area contributed by atoms with Gasteiger partial charge in [-0.15, -0.1) is 0 Å². The van der Waals surface area contributed by atoms with E-state index in [1.165, 1.54) is 0 Å². The van der Waals surface area contributed by atoms with Crippen molar-refractivity contribution >= 4 is 16.8 Å². The number of hydrogen-bond acceptors (Lipinski definition) is 5. The number of hydrogen-bond donors (Lipinski definition) is 1. The first-order valence-corrected chi connectivity index (χ1v) is 5.76. The van der Waals surface area contributed by atoms with E-state index in [9.17, 15) is 4.79 Å². The van der Waals surface area contributed by atoms with E-state index in [4.69, 9.17) is 14.7 Å². The van der Waals surface area contributed by atoms with Gasteiger partial charge < -0.3 is 14.1 Å². The average Bonchev–Trinajstić information content (AvgIpc) is 3.00. The van der Waals surface area contributed by atoms with Gasteiger partial charge in [-0.2, -0.15) is 0 Å². The van der Waals surface area contributed by atoms with Crippen molar-refractivity contribution in [3.05, 3.63) is 39.2 Å². The minimum absolute atomic E-state index is 0.107. The Morgan fingerprint density at radius 1 is 1.58 bits per heavy atom. The Bertz CT molecular complexity index is 700. The third-order valence-corrected chi connectivity index (χ3v) is 3.01. The second kappa shape index (κ2) is 4.68. The van der Waals surface area contributed by atoms with Crippen molar-refractivity contribution in [2.24, 2.45) is 5.11 Å². The predicted molar refractivity (Wildman–Crippen MR) is 67.9 cm³/mol. The maximum absolute atomic E-state index is 11.1. The normalized spacial score (nSPS) is 18.7. The molecule has 8 nitrogen and oxygen atoms in total. The van der Waals surface area contributed by atoms with Gasteiger partial charge in [0, 0.05) is 23.2 Å². The van der Waals surface area contributed by atoms with Crippen LogP contribution < -0.4 is 10.7 Å². The highest BCUT2D eigenvalue weighted by molar-refractivity contribution is 5.77. The Morgan fingerprint density at radius 2 is 2.47 bits per heavy atom. The molecule has 0 aliphatic carbocycles. The molecule has 1 atom stereocenters. The van der Waals surface area contributed by atoms with Crippen LogP contribution in [0.25, 0.3) is 21.5 Å². The van der Waals surface area contributed by atoms with Crippen molar-refractivity contribution in [1.82, 2.24) is 4.98 Å². The van der Waals surface area contributed by atoms with Gasteiger partial charge >= 0.3 is 5.76 Å². The van der Waals surface area contributed by atoms with E-state index >= 15 is 0 Å². The summed E-state index contributed by atoms with van der Waals surface area (Å²) in [7, 11) is 0. The smallest absolute Gasteiger partial charge is 0.408 e. The maximum Gasteiger partial charge on any atom is 0.417 e. The first-order valence-electron chi connectivity index (χ1n) is 5.76. The van der Waals surface area contributed by atoms with Gasteiger partial charge in [-0.05, 0) is 17.7 Å². The summed E-state index contributed by atoms with van der Waals surface area (Å²) in [6.45, 7) is 1.37. The number of aromatic amines is 1. The predicted octanol–water partition coefficient (Wildman–Crippen LogP) is 1.59. The first-order chi connectivity index (χ1) is 9.26. The molecule has 1 saturated heterocycles. The molecule has 1 aliphatic heterocycles. The summed E-state index contributed by atoms with van der Waals surface area (Å²) in [6, 6.07) is 5.45. The second-order valence-corrected chi connectivity index (χ2v) is 4.25. The fourth-order valence-electron chi connectivity index (χ4n) is 2.10. The van der Waals surface area contributed by atoms with E-state index in [2.05, 4.69) is 15.0 Å². The molecule has 0 amide bonds. The molecule has 1 N–H and O–H groups in total. The Kier molecular flexibility index (Phi) is 2.86. The molecule has 0 saturated carbocycles. The molecule has 3 rings (SSSR count). The van der Waals surface area contributed by atoms with Crippen LogP contribution in [0.3, 0.4) is 0 Å². The van der Waals surface area contributed by atoms with Crippen molar-refractivity contribution in [2.45, 2.75) is 6.10 Å². The number of azide groups is 1. The molecular weight excluding hydrogens is 250 g/mol. The number of nitrogens with one attached hydrogen (secondary N) is 1. The zero-order valence-electron chi connectivity index (χ0n) is 9.94. The van der Waals surface area contributed by atoms with E-state index in [-0.39, 0.29) is 6.10 Å². The molecule has 0 radical (unpaired) electrons. The van der Waals surface area contributed by atoms with Crippen LogP contribution in [0, 0.1) is 0 Å². The molecule has 2 heterocycles. The molecule has 1 aromatic heterocycles. The Hall–Kier alpha value is -2.44. The highest BCUT2D eigenvalue weighted by atomic mass is 16.5. The van der Waals surface area contributed by atoms with Gasteiger partial charge in [0.2, 0.25) is 0 Å². The van der Waals surface area contributed by atoms with Crippen LogP contribution >= 0.6 is 0 Å². The van der Waals surface area contributed by atoms with Gasteiger partial charge in [0.15, 0.2) is 5.58 Å². The van der Waals surface area contributed by atoms with Gasteiger partial charge in [0.25, 0.3) is 0 Å². The molecule has 0 unspecified atom stereocenters. The number of aromatic nitrogens is 1. The van der Waals surface area contributed by atoms with Crippen LogP contribution in [-0.4, -0.2) is 30.9 Å². The van der Waals surface area contributed by atoms with Crippen molar-refractivity contribution in [1.29, 1.82) is 0 Å². The molecular formula is C11H11N5O3. The van der Waals surface area contributed by atoms with Crippen LogP contribution in [0.4, 0.5) is 5.69 Å². The summed E-state index contributed by atoms with van der Waals surface area (Å²) in [4.78, 5) is 18.4. The van der Waals surface area contributed by atoms with Crippen LogP contribution in [0.15, 0.2) is 32.5 Å². The minimum Gasteiger partial charge on any atom is -0.408 e. The molecule has 1 aromatic carbocycles. The van der Waals surface area contributed by atoms with Gasteiger partial charge in [0.05, 0.1) is 18.2 Å². The minimum atomic E-state index is -0.467. The summed E-state index contributed by atoms with van der Waals surface area (Å²) >= 11 is 0. The summed E-state index contributed by atoms with van der Waals surface area (Å²) < 4.78 is 10.5. The summed E-state index contributed by atoms with van der Waals surface area (Å²) in [5, 5.41) is 3.50. The lowest BCUT2D eigenvalue weighted by Gasteiger charge is -2.15. The molecule has 1 aliphatic rings. The van der Waals surface area contributed by atoms with Crippen LogP contribution in [0.2, 0.25) is 0 Å². The molecule has 2 aromatic rings. The monoisotopic (exact) mass is 261 g/mol. The van der Waals surface area contributed by atoms with Gasteiger partial charge in [-0.3, -0.25) is 4.98 Å². The number of anilines is 1. The van der Waals surface area contributed by atoms with Crippen molar-refractivity contribution in [3.8, 4) is 0 Å². The fourth-order valence-corrected chi connectivity index (χ4v) is 2.10. The van der Waals surface area contributed by atoms with Crippen LogP contribution in [0.5, 0.6) is 0 Å². The maximum atomic E-state index is 11.1. The molecule has 8 heteroatoms. The third kappa shape index (κ3) is 2.26. The number of rotatable bonds is 3. The highest BCUT2D eigenvalue weighted by Gasteiger charge is 2.23. The Morgan fingerprint density at radius 3 is 3.32 bits per heavy atom. The highest BCUT2D eigenvalue weighted by Crippen LogP contribution is 2.23. The summed E-state index contributed by atoms with van der Waals surface area (Å²) in [6.07, 6.45) is -0.107. The fraction of sp³-hybridized carbons (Fsp3) is 0.364. The standard InChI is InChI=1S/C11H11N5O3/c12-15-13-4-8-5-16(6-18-8)7-1-2-9-10(3-7)19-11(17)14-9/h1-3,8H,4-6H2,(H,14,17)/t8-/m0/s1. The third-order valence-electron chi connectivity index (χ3n) is 3.01. The van der Waals surface area contributed by atoms with Crippen molar-refractivity contribution < 1.29 is 9.15 Å². The molecule has 19 heavy (non-hydrogen) atoms. The first kappa shape index (κ1) is 11.6. The Balaban J connectivity index is 1.81. The lowest BCUT2D eigenvalue weighted by atomic mass is 10.2. The zero-order chi connectivity index (χ0) is 13.2. The number of benzene rings is 1. The van der Waals surface area contributed by atoms with E-state index in [1.54, 1.807) is 12.1 Å². The average molecular weight is 261 g/mol. The number of nitrogens with zero attached hydrogens (tertiary/aromatic N) is 4. The number of ether oxygens (including phenoxy) is 1. The van der Waals surface area contributed by atoms with Crippen LogP contribution in [0.1, 0.15) is 0 Å². The Labute approximate surface area is 107 Å². The lowest BCUT2D eigenvalue weighted by Crippen LogP contribution is -2.22. The van der Waals surface area contributed by atoms with Gasteiger partial charge in [0.1, 0.15) is 6.73 Å². The SMILES string of the molecule is [N-]=[N+]=NC[C@H]1CN(c2ccc3[nH]c(=O)oc3c2)CO1. The number of fused-ring (bicyclic) bond motifs is 1. The van der Waals surface area contributed by atoms with Crippen molar-refractivity contribution in [3.63, 3.8) is 0 Å². The largest absolute Gasteiger partial charge is 0.417 e. The van der Waals surface area contributed by atoms with E-state index in [1.807, 2.05) is 11.0 Å². The van der Waals surface area contributed by atoms with Gasteiger partial charge in [-0.1, -0.05) is 5.11 Å². The summed E-state index contributed by atoms with van der Waals surface area (Å²) in [5.74, 6) is -0.467. The second-order valence-electron chi connectivity index (χ2n) is 4.25. The lowest BCUT2D eigenvalue weighted by molar-refractivity contribution is 0.122. The van der Waals surface area contributed by atoms with Gasteiger partial charge in [-0.25, -0.2) is 4.79 Å². The quantitative estimate of drug-likeness (QED) is 0.514. The molecule has 98 valence electrons. The number of H-pyrrole nitrogens is 1. The zero-order valence-corrected chi connectivity index (χ0v) is 9.94. The van der Waals surface area contributed by atoms with Crippen LogP contribution in [-0.2, 0) is 4.74 Å². The van der Waals surface area contributed by atoms with E-state index < -0.39 is 5.76 Å². The molecule has 1 fully saturated rings.